The second-order valence-corrected chi connectivity index (χ2v) is 4.26. The molecule has 0 N–H and O–H groups in total. The van der Waals surface area contributed by atoms with Gasteiger partial charge in [-0.15, -0.1) is 0 Å². The molecule has 2 heteroatoms. The first-order valence-electron chi connectivity index (χ1n) is 3.99. The van der Waals surface area contributed by atoms with Crippen LogP contribution < -0.4 is 0 Å². The van der Waals surface area contributed by atoms with Crippen LogP contribution >= 0.6 is 24.4 Å². The molecule has 0 bridgehead atoms. The van der Waals surface area contributed by atoms with Crippen molar-refractivity contribution in [2.45, 2.75) is 26.7 Å². The minimum atomic E-state index is 0.893. The molecule has 0 aromatic carbocycles. The van der Waals surface area contributed by atoms with E-state index < -0.39 is 0 Å². The van der Waals surface area contributed by atoms with E-state index in [4.69, 9.17) is 0 Å². The Labute approximate surface area is 74.6 Å². The second-order valence-electron chi connectivity index (χ2n) is 2.67. The first-order valence-corrected chi connectivity index (χ1v) is 5.78. The molecule has 0 amide bonds. The summed E-state index contributed by atoms with van der Waals surface area (Å²) in [5, 5.41) is 0. The van der Waals surface area contributed by atoms with E-state index in [-0.39, 0.29) is 0 Å². The number of hydrogen-bond donors (Lipinski definition) is 1. The van der Waals surface area contributed by atoms with Gasteiger partial charge in [-0.2, -0.15) is 24.4 Å². The fourth-order valence-electron chi connectivity index (χ4n) is 0.569. The Morgan fingerprint density at radius 3 is 2.70 bits per heavy atom. The molecule has 10 heavy (non-hydrogen) atoms. The molecule has 0 saturated carbocycles. The first kappa shape index (κ1) is 10.7. The van der Waals surface area contributed by atoms with E-state index in [0.29, 0.717) is 0 Å². The van der Waals surface area contributed by atoms with E-state index >= 15 is 0 Å². The predicted octanol–water partition coefficient (Wildman–Crippen LogP) is 3.09. The fourth-order valence-corrected chi connectivity index (χ4v) is 2.09. The highest BCUT2D eigenvalue weighted by molar-refractivity contribution is 7.99. The van der Waals surface area contributed by atoms with Crippen LogP contribution in [-0.4, -0.2) is 17.3 Å². The first-order chi connectivity index (χ1) is 4.81. The molecular weight excluding hydrogens is 160 g/mol. The zero-order chi connectivity index (χ0) is 7.82. The Kier molecular flexibility index (Phi) is 8.35. The lowest BCUT2D eigenvalue weighted by Gasteiger charge is -2.06. The van der Waals surface area contributed by atoms with Gasteiger partial charge in [-0.05, 0) is 29.6 Å². The minimum Gasteiger partial charge on any atom is -0.179 e. The lowest BCUT2D eigenvalue weighted by atomic mass is 10.2. The van der Waals surface area contributed by atoms with Crippen LogP contribution in [0.5, 0.6) is 0 Å². The van der Waals surface area contributed by atoms with Gasteiger partial charge in [-0.3, -0.25) is 0 Å². The maximum Gasteiger partial charge on any atom is -0.00419 e. The summed E-state index contributed by atoms with van der Waals surface area (Å²) in [6, 6.07) is 0. The van der Waals surface area contributed by atoms with Gasteiger partial charge in [0.25, 0.3) is 0 Å². The van der Waals surface area contributed by atoms with E-state index in [1.807, 2.05) is 0 Å². The van der Waals surface area contributed by atoms with Gasteiger partial charge in [0.05, 0.1) is 0 Å². The maximum atomic E-state index is 4.15. The van der Waals surface area contributed by atoms with Crippen molar-refractivity contribution in [1.29, 1.82) is 0 Å². The number of rotatable bonds is 6. The molecule has 0 saturated heterocycles. The van der Waals surface area contributed by atoms with Gasteiger partial charge in [0.1, 0.15) is 0 Å². The molecular formula is C8H18S2. The van der Waals surface area contributed by atoms with Gasteiger partial charge in [0, 0.05) is 0 Å². The van der Waals surface area contributed by atoms with Crippen LogP contribution in [0.3, 0.4) is 0 Å². The fraction of sp³-hybridized carbons (Fsp3) is 1.00. The summed E-state index contributed by atoms with van der Waals surface area (Å²) >= 11 is 6.22. The smallest absolute Gasteiger partial charge is 0.00419 e. The van der Waals surface area contributed by atoms with Crippen LogP contribution in [0.1, 0.15) is 26.7 Å². The standard InChI is InChI=1S/C8H18S2/c1-3-8(2)7-10-6-4-5-9/h8-9H,3-7H2,1-2H3. The van der Waals surface area contributed by atoms with Gasteiger partial charge in [0.15, 0.2) is 0 Å². The van der Waals surface area contributed by atoms with Crippen molar-refractivity contribution in [3.8, 4) is 0 Å². The van der Waals surface area contributed by atoms with Crippen molar-refractivity contribution in [1.82, 2.24) is 0 Å². The molecule has 0 aromatic heterocycles. The normalized spacial score (nSPS) is 13.5. The number of thiol groups is 1. The van der Waals surface area contributed by atoms with E-state index in [1.165, 1.54) is 24.3 Å². The highest BCUT2D eigenvalue weighted by atomic mass is 32.2. The van der Waals surface area contributed by atoms with Crippen LogP contribution in [0.25, 0.3) is 0 Å². The number of thioether (sulfide) groups is 1. The second kappa shape index (κ2) is 7.80. The van der Waals surface area contributed by atoms with Crippen LogP contribution in [0.15, 0.2) is 0 Å². The van der Waals surface area contributed by atoms with Crippen molar-refractivity contribution in [3.63, 3.8) is 0 Å². The summed E-state index contributed by atoms with van der Waals surface area (Å²) in [6.07, 6.45) is 2.57. The Balaban J connectivity index is 2.89. The van der Waals surface area contributed by atoms with E-state index in [0.717, 1.165) is 11.7 Å². The van der Waals surface area contributed by atoms with Crippen LogP contribution in [0.4, 0.5) is 0 Å². The molecule has 0 aromatic rings. The van der Waals surface area contributed by atoms with Crippen LogP contribution in [0.2, 0.25) is 0 Å². The third-order valence-electron chi connectivity index (χ3n) is 1.55. The molecule has 0 nitrogen and oxygen atoms in total. The van der Waals surface area contributed by atoms with Crippen molar-refractivity contribution in [2.24, 2.45) is 5.92 Å². The van der Waals surface area contributed by atoms with Gasteiger partial charge in [-0.1, -0.05) is 20.3 Å². The molecule has 0 aliphatic heterocycles. The van der Waals surface area contributed by atoms with Crippen molar-refractivity contribution >= 4 is 24.4 Å². The summed E-state index contributed by atoms with van der Waals surface area (Å²) in [6.45, 7) is 4.57. The van der Waals surface area contributed by atoms with Gasteiger partial charge in [0.2, 0.25) is 0 Å². The summed E-state index contributed by atoms with van der Waals surface area (Å²) in [4.78, 5) is 0. The van der Waals surface area contributed by atoms with Gasteiger partial charge in [-0.25, -0.2) is 0 Å². The van der Waals surface area contributed by atoms with Crippen molar-refractivity contribution in [3.05, 3.63) is 0 Å². The molecule has 0 fully saturated rings. The molecule has 0 spiro atoms. The molecule has 0 radical (unpaired) electrons. The monoisotopic (exact) mass is 178 g/mol. The molecule has 0 heterocycles. The van der Waals surface area contributed by atoms with Crippen LogP contribution in [-0.2, 0) is 0 Å². The Bertz CT molecular complexity index is 64.3. The van der Waals surface area contributed by atoms with E-state index in [1.54, 1.807) is 0 Å². The quantitative estimate of drug-likeness (QED) is 0.482. The Morgan fingerprint density at radius 1 is 1.50 bits per heavy atom. The van der Waals surface area contributed by atoms with Crippen molar-refractivity contribution < 1.29 is 0 Å². The molecule has 1 atom stereocenters. The molecule has 0 aliphatic carbocycles. The van der Waals surface area contributed by atoms with Gasteiger partial charge >= 0.3 is 0 Å². The lowest BCUT2D eigenvalue weighted by Crippen LogP contribution is -1.96. The highest BCUT2D eigenvalue weighted by Crippen LogP contribution is 2.11. The zero-order valence-electron chi connectivity index (χ0n) is 6.97. The summed E-state index contributed by atoms with van der Waals surface area (Å²) in [7, 11) is 0. The Morgan fingerprint density at radius 2 is 2.20 bits per heavy atom. The minimum absolute atomic E-state index is 0.893. The predicted molar refractivity (Wildman–Crippen MR) is 55.3 cm³/mol. The van der Waals surface area contributed by atoms with Gasteiger partial charge < -0.3 is 0 Å². The molecule has 0 aliphatic rings. The number of hydrogen-bond acceptors (Lipinski definition) is 2. The summed E-state index contributed by atoms with van der Waals surface area (Å²) in [5.74, 6) is 4.54. The molecule has 1 unspecified atom stereocenters. The van der Waals surface area contributed by atoms with E-state index in [9.17, 15) is 0 Å². The highest BCUT2D eigenvalue weighted by Gasteiger charge is 1.96. The SMILES string of the molecule is CCC(C)CSCCCS. The third kappa shape index (κ3) is 6.81. The average Bonchev–Trinajstić information content (AvgIpc) is 1.98. The summed E-state index contributed by atoms with van der Waals surface area (Å²) < 4.78 is 0. The van der Waals surface area contributed by atoms with Crippen molar-refractivity contribution in [2.75, 3.05) is 17.3 Å². The lowest BCUT2D eigenvalue weighted by molar-refractivity contribution is 0.637. The maximum absolute atomic E-state index is 4.15. The average molecular weight is 178 g/mol. The third-order valence-corrected chi connectivity index (χ3v) is 3.24. The molecule has 0 rings (SSSR count). The zero-order valence-corrected chi connectivity index (χ0v) is 8.68. The topological polar surface area (TPSA) is 0 Å². The Hall–Kier alpha value is 0.700. The molecule has 62 valence electrons. The van der Waals surface area contributed by atoms with E-state index in [2.05, 4.69) is 38.2 Å². The summed E-state index contributed by atoms with van der Waals surface area (Å²) in [5.41, 5.74) is 0. The largest absolute Gasteiger partial charge is 0.179 e. The van der Waals surface area contributed by atoms with Crippen LogP contribution in [0, 0.1) is 5.92 Å².